The van der Waals surface area contributed by atoms with Crippen LogP contribution in [-0.4, -0.2) is 424 Å². The third-order valence-corrected chi connectivity index (χ3v) is 17.2. The maximum absolute atomic E-state index is 13.6. The third-order valence-electron chi connectivity index (χ3n) is 17.2. The molecule has 44 nitrogen and oxygen atoms in total. The number of unbranched alkanes of at least 4 members (excludes halogenated alkanes) is 2. The standard InChI is InChI=1S/C56H93N5O39/c62-15-21-33(72)39(78)43(82)51(92-21)90-19-25-37(76)49(98-55-45(84)41(80)35(74)23(17-64)94-55)47(86)53(96-25)88-10-8-58-28(67)13-60(12-27(66)57-7-3-1-2-4-32(71)100-61-30(69)5-6-31(61)70)14-29(68)59-9-11-89-54-48(87)50(99-56-46(85)42(81)36(75)24(18-65)95-56)38(77)26(97-54)20-91-52-44(83)40(79)34(73)22(16-63)93-52/h21-26,33-56,62-65,72-87H,1-20H2,(H,57,66)(H,58,67)(H,59,68)/t21-,22-,23-,24-,25-,26-,33-,34-,35-,36-,37-,38-,39+,40+,41+,42+,43+,44+,45+,46+,47+,48+,49+,50+,51+,52+,53+,54+,55-,56-/m1/s1. The van der Waals surface area contributed by atoms with Crippen LogP contribution < -0.4 is 16.0 Å². The first-order valence-corrected chi connectivity index (χ1v) is 32.2. The molecule has 23 N–H and O–H groups in total. The summed E-state index contributed by atoms with van der Waals surface area (Å²) in [5, 5.41) is 218. The summed E-state index contributed by atoms with van der Waals surface area (Å²) in [4.78, 5) is 82.4. The number of rotatable bonds is 35. The molecule has 100 heavy (non-hydrogen) atoms. The Hall–Kier alpha value is -4.30. The molecule has 7 aliphatic heterocycles. The second kappa shape index (κ2) is 39.2. The highest BCUT2D eigenvalue weighted by atomic mass is 16.8. The lowest BCUT2D eigenvalue weighted by atomic mass is 9.96. The van der Waals surface area contributed by atoms with E-state index in [9.17, 15) is 131 Å². The van der Waals surface area contributed by atoms with E-state index in [2.05, 4.69) is 16.0 Å². The summed E-state index contributed by atoms with van der Waals surface area (Å²) in [6.45, 7) is -9.01. The Morgan fingerprint density at radius 2 is 0.700 bits per heavy atom. The molecule has 0 aromatic heterocycles. The van der Waals surface area contributed by atoms with Gasteiger partial charge in [0.1, 0.15) is 146 Å². The molecule has 0 bridgehead atoms. The van der Waals surface area contributed by atoms with Crippen molar-refractivity contribution in [3.63, 3.8) is 0 Å². The molecule has 7 heterocycles. The molecule has 7 rings (SSSR count). The normalized spacial score (nSPS) is 40.3. The van der Waals surface area contributed by atoms with Crippen LogP contribution in [0.5, 0.6) is 0 Å². The van der Waals surface area contributed by atoms with Crippen LogP contribution in [-0.2, 0) is 90.4 Å². The first-order chi connectivity index (χ1) is 47.5. The van der Waals surface area contributed by atoms with Crippen molar-refractivity contribution < 1.29 is 193 Å². The van der Waals surface area contributed by atoms with Gasteiger partial charge in [-0.2, -0.15) is 0 Å². The highest BCUT2D eigenvalue weighted by Crippen LogP contribution is 2.34. The molecule has 44 heteroatoms. The number of nitrogens with one attached hydrogen (secondary N) is 3. The van der Waals surface area contributed by atoms with Crippen LogP contribution in [0.15, 0.2) is 0 Å². The predicted molar refractivity (Wildman–Crippen MR) is 311 cm³/mol. The second-order valence-corrected chi connectivity index (χ2v) is 24.5. The van der Waals surface area contributed by atoms with Crippen LogP contribution in [0.4, 0.5) is 0 Å². The molecule has 30 atom stereocenters. The summed E-state index contributed by atoms with van der Waals surface area (Å²) in [5.74, 6) is -4.59. The summed E-state index contributed by atoms with van der Waals surface area (Å²) in [6.07, 6.45) is -54.6. The molecule has 576 valence electrons. The average molecular weight is 1460 g/mol. The van der Waals surface area contributed by atoms with Crippen molar-refractivity contribution in [3.8, 4) is 0 Å². The van der Waals surface area contributed by atoms with Crippen LogP contribution in [0, 0.1) is 0 Å². The second-order valence-electron chi connectivity index (χ2n) is 24.5. The van der Waals surface area contributed by atoms with E-state index in [1.165, 1.54) is 0 Å². The number of aliphatic hydroxyl groups is 20. The van der Waals surface area contributed by atoms with Gasteiger partial charge in [-0.1, -0.05) is 6.42 Å². The maximum atomic E-state index is 13.6. The van der Waals surface area contributed by atoms with E-state index in [1.54, 1.807) is 0 Å². The Balaban J connectivity index is 0.973. The van der Waals surface area contributed by atoms with Gasteiger partial charge in [0.05, 0.1) is 72.5 Å². The number of hydrogen-bond donors (Lipinski definition) is 23. The monoisotopic (exact) mass is 1460 g/mol. The summed E-state index contributed by atoms with van der Waals surface area (Å²) in [5.41, 5.74) is 0. The summed E-state index contributed by atoms with van der Waals surface area (Å²) < 4.78 is 67.0. The molecule has 0 radical (unpaired) electrons. The number of carbonyl (C=O) groups is 6. The van der Waals surface area contributed by atoms with Gasteiger partial charge in [-0.3, -0.25) is 28.9 Å². The SMILES string of the molecule is O=C(CN(CC(=O)NCCO[C@H]1O[C@H](CO[C@H]2O[C@H](CO)[C@@H](O)[C@H](O)[C@@H]2O)[C@@H](O)[C@H](O[C@H]2O[C@H](CO)[C@@H](O)[C@H](O)[C@@H]2O)[C@@H]1O)CC(=O)NCCO[C@H]1O[C@H](CO[C@H]2O[C@H](CO)[C@@H](O)[C@H](O)[C@@H]2O)[C@@H](O)[C@H](O[C@H]2O[C@H](CO)[C@@H](O)[C@H](O)[C@@H]2O)[C@@H]1O)NCCCCCC(=O)ON1C(=O)CCC1=O. The average Bonchev–Trinajstić information content (AvgIpc) is 0.792. The third kappa shape index (κ3) is 21.5. The highest BCUT2D eigenvalue weighted by molar-refractivity contribution is 6.01. The highest BCUT2D eigenvalue weighted by Gasteiger charge is 2.55. The van der Waals surface area contributed by atoms with Crippen molar-refractivity contribution in [3.05, 3.63) is 0 Å². The van der Waals surface area contributed by atoms with Gasteiger partial charge in [0.15, 0.2) is 37.7 Å². The molecule has 0 spiro atoms. The van der Waals surface area contributed by atoms with Crippen molar-refractivity contribution in [1.29, 1.82) is 0 Å². The molecular formula is C56H93N5O39. The summed E-state index contributed by atoms with van der Waals surface area (Å²) in [6, 6.07) is 0. The molecule has 0 aliphatic carbocycles. The lowest BCUT2D eigenvalue weighted by molar-refractivity contribution is -0.366. The van der Waals surface area contributed by atoms with Gasteiger partial charge < -0.3 is 180 Å². The number of ether oxygens (including phenoxy) is 12. The number of imide groups is 1. The topological polar surface area (TPSA) is 670 Å². The number of aliphatic hydroxyl groups excluding tert-OH is 20. The van der Waals surface area contributed by atoms with E-state index in [0.29, 0.717) is 11.5 Å². The number of nitrogens with zero attached hydrogens (tertiary/aromatic N) is 2. The van der Waals surface area contributed by atoms with E-state index in [4.69, 9.17) is 61.7 Å². The van der Waals surface area contributed by atoms with E-state index in [0.717, 1.165) is 4.90 Å². The molecule has 5 amide bonds. The Kier molecular flexibility index (Phi) is 32.5. The van der Waals surface area contributed by atoms with Crippen molar-refractivity contribution in [2.45, 2.75) is 223 Å². The molecular weight excluding hydrogens is 1370 g/mol. The van der Waals surface area contributed by atoms with Gasteiger partial charge in [0.2, 0.25) is 17.7 Å². The van der Waals surface area contributed by atoms with Crippen molar-refractivity contribution in [2.75, 3.05) is 92.1 Å². The zero-order valence-electron chi connectivity index (χ0n) is 53.6. The number of amides is 5. The van der Waals surface area contributed by atoms with E-state index in [1.807, 2.05) is 0 Å². The zero-order chi connectivity index (χ0) is 73.4. The van der Waals surface area contributed by atoms with Crippen LogP contribution >= 0.6 is 0 Å². The van der Waals surface area contributed by atoms with Gasteiger partial charge in [-0.25, -0.2) is 4.79 Å². The fourth-order valence-corrected chi connectivity index (χ4v) is 11.4. The minimum absolute atomic E-state index is 0.0143. The summed E-state index contributed by atoms with van der Waals surface area (Å²) >= 11 is 0. The first kappa shape index (κ1) is 83.0. The number of hydroxylamine groups is 2. The molecule has 7 saturated heterocycles. The Morgan fingerprint density at radius 3 is 1.06 bits per heavy atom. The number of hydrogen-bond acceptors (Lipinski definition) is 40. The minimum atomic E-state index is -2.05. The van der Waals surface area contributed by atoms with Crippen LogP contribution in [0.2, 0.25) is 0 Å². The molecule has 0 unspecified atom stereocenters. The Bertz CT molecular complexity index is 2430. The Morgan fingerprint density at radius 1 is 0.380 bits per heavy atom. The van der Waals surface area contributed by atoms with Gasteiger partial charge in [0.25, 0.3) is 11.8 Å². The van der Waals surface area contributed by atoms with Gasteiger partial charge in [-0.15, -0.1) is 5.06 Å². The van der Waals surface area contributed by atoms with Crippen LogP contribution in [0.1, 0.15) is 38.5 Å². The molecule has 7 aliphatic rings. The van der Waals surface area contributed by atoms with Crippen LogP contribution in [0.25, 0.3) is 0 Å². The number of carbonyl (C=O) groups excluding carboxylic acids is 6. The van der Waals surface area contributed by atoms with E-state index >= 15 is 0 Å². The van der Waals surface area contributed by atoms with Crippen molar-refractivity contribution in [2.24, 2.45) is 0 Å². The van der Waals surface area contributed by atoms with E-state index in [-0.39, 0.29) is 38.6 Å². The largest absolute Gasteiger partial charge is 0.394 e. The Labute approximate surface area is 567 Å². The van der Waals surface area contributed by atoms with Crippen LogP contribution in [0.3, 0.4) is 0 Å². The lowest BCUT2D eigenvalue weighted by Crippen LogP contribution is -2.65. The summed E-state index contributed by atoms with van der Waals surface area (Å²) in [7, 11) is 0. The van der Waals surface area contributed by atoms with Gasteiger partial charge in [-0.05, 0) is 12.8 Å². The molecule has 0 aromatic rings. The fourth-order valence-electron chi connectivity index (χ4n) is 11.4. The first-order valence-electron chi connectivity index (χ1n) is 32.2. The maximum Gasteiger partial charge on any atom is 0.333 e. The quantitative estimate of drug-likeness (QED) is 0.0207. The van der Waals surface area contributed by atoms with Gasteiger partial charge in [0, 0.05) is 38.9 Å². The van der Waals surface area contributed by atoms with Crippen molar-refractivity contribution in [1.82, 2.24) is 25.9 Å². The minimum Gasteiger partial charge on any atom is -0.394 e. The lowest BCUT2D eigenvalue weighted by Gasteiger charge is -2.46. The zero-order valence-corrected chi connectivity index (χ0v) is 53.6. The fraction of sp³-hybridized carbons (Fsp3) is 0.893. The molecule has 0 aromatic carbocycles. The predicted octanol–water partition coefficient (Wildman–Crippen LogP) is -16.3. The smallest absolute Gasteiger partial charge is 0.333 e. The van der Waals surface area contributed by atoms with Gasteiger partial charge >= 0.3 is 5.97 Å². The molecule has 0 saturated carbocycles. The van der Waals surface area contributed by atoms with E-state index < -0.39 is 305 Å². The molecule has 7 fully saturated rings. The van der Waals surface area contributed by atoms with Crippen molar-refractivity contribution >= 4 is 35.5 Å².